The molecule has 0 radical (unpaired) electrons. The van der Waals surface area contributed by atoms with Gasteiger partial charge in [-0.2, -0.15) is 9.13 Å². The van der Waals surface area contributed by atoms with E-state index in [1.54, 1.807) is 0 Å². The predicted molar refractivity (Wildman–Crippen MR) is 259 cm³/mol. The lowest BCUT2D eigenvalue weighted by atomic mass is 9.88. The Morgan fingerprint density at radius 3 is 2.09 bits per heavy atom. The number of fused-ring (bicyclic) bond motifs is 7. The highest BCUT2D eigenvalue weighted by molar-refractivity contribution is 6.09. The summed E-state index contributed by atoms with van der Waals surface area (Å²) in [5.41, 5.74) is 14.5. The molecule has 0 saturated heterocycles. The number of rotatable bonds is 7. The fourth-order valence-corrected chi connectivity index (χ4v) is 9.81. The Labute approximate surface area is 372 Å². The fraction of sp³-hybridized carbons (Fsp3) is 0.140. The summed E-state index contributed by atoms with van der Waals surface area (Å²) in [6.07, 6.45) is 7.50. The van der Waals surface area contributed by atoms with Gasteiger partial charge in [0, 0.05) is 65.3 Å². The SMILES string of the molecule is CC(C)(C)c1ccnc(-n2c3ccccc3c3ccc(Oc4cccc(-n5c[n+](-c6c(-c7ccccc7)cccc6-c6ccccc6)c6cc7c(cc65)nc5n7CCCC5)c4)cc32)c1. The highest BCUT2D eigenvalue weighted by Crippen LogP contribution is 2.38. The van der Waals surface area contributed by atoms with Crippen LogP contribution in [0, 0.1) is 0 Å². The van der Waals surface area contributed by atoms with Gasteiger partial charge in [-0.05, 0) is 77.4 Å². The Morgan fingerprint density at radius 1 is 0.594 bits per heavy atom. The molecule has 12 rings (SSSR count). The van der Waals surface area contributed by atoms with Crippen LogP contribution in [0.1, 0.15) is 45.0 Å². The van der Waals surface area contributed by atoms with Crippen molar-refractivity contribution in [2.75, 3.05) is 0 Å². The van der Waals surface area contributed by atoms with Crippen LogP contribution in [0.25, 0.3) is 83.3 Å². The average molecular weight is 832 g/mol. The van der Waals surface area contributed by atoms with Gasteiger partial charge >= 0.3 is 0 Å². The summed E-state index contributed by atoms with van der Waals surface area (Å²) in [6.45, 7) is 7.71. The van der Waals surface area contributed by atoms with Crippen molar-refractivity contribution < 1.29 is 9.30 Å². The van der Waals surface area contributed by atoms with E-state index >= 15 is 0 Å². The van der Waals surface area contributed by atoms with Crippen molar-refractivity contribution in [1.29, 1.82) is 0 Å². The van der Waals surface area contributed by atoms with E-state index in [0.29, 0.717) is 0 Å². The van der Waals surface area contributed by atoms with Gasteiger partial charge in [0.05, 0.1) is 22.1 Å². The molecule has 0 fully saturated rings. The third kappa shape index (κ3) is 6.38. The highest BCUT2D eigenvalue weighted by atomic mass is 16.5. The number of pyridine rings is 1. The third-order valence-electron chi connectivity index (χ3n) is 13.0. The maximum absolute atomic E-state index is 6.83. The van der Waals surface area contributed by atoms with Gasteiger partial charge in [0.15, 0.2) is 11.0 Å². The van der Waals surface area contributed by atoms with Crippen molar-refractivity contribution in [3.05, 3.63) is 194 Å². The van der Waals surface area contributed by atoms with Crippen molar-refractivity contribution in [2.24, 2.45) is 0 Å². The van der Waals surface area contributed by atoms with Crippen molar-refractivity contribution in [1.82, 2.24) is 23.7 Å². The largest absolute Gasteiger partial charge is 0.457 e. The zero-order valence-electron chi connectivity index (χ0n) is 36.2. The van der Waals surface area contributed by atoms with Gasteiger partial charge in [0.25, 0.3) is 6.33 Å². The molecule has 1 aliphatic heterocycles. The molecule has 1 aliphatic rings. The van der Waals surface area contributed by atoms with Gasteiger partial charge in [-0.3, -0.25) is 4.57 Å². The van der Waals surface area contributed by atoms with Crippen LogP contribution in [-0.2, 0) is 18.4 Å². The lowest BCUT2D eigenvalue weighted by Gasteiger charge is -2.20. The van der Waals surface area contributed by atoms with Crippen molar-refractivity contribution in [2.45, 2.75) is 52.0 Å². The van der Waals surface area contributed by atoms with E-state index in [-0.39, 0.29) is 5.41 Å². The van der Waals surface area contributed by atoms with Gasteiger partial charge in [0.2, 0.25) is 0 Å². The minimum absolute atomic E-state index is 0.0143. The molecular formula is C57H47N6O+. The first-order chi connectivity index (χ1) is 31.4. The smallest absolute Gasteiger partial charge is 0.255 e. The van der Waals surface area contributed by atoms with Crippen LogP contribution in [0.4, 0.5) is 0 Å². The summed E-state index contributed by atoms with van der Waals surface area (Å²) in [5.74, 6) is 3.56. The molecular weight excluding hydrogens is 785 g/mol. The molecule has 5 heterocycles. The molecule has 0 bridgehead atoms. The molecule has 7 heteroatoms. The number of aryl methyl sites for hydroxylation is 2. The summed E-state index contributed by atoms with van der Waals surface area (Å²) >= 11 is 0. The highest BCUT2D eigenvalue weighted by Gasteiger charge is 2.28. The van der Waals surface area contributed by atoms with Gasteiger partial charge in [-0.1, -0.05) is 124 Å². The number of ether oxygens (including phenoxy) is 1. The number of benzene rings is 7. The summed E-state index contributed by atoms with van der Waals surface area (Å²) in [5, 5.41) is 2.33. The van der Waals surface area contributed by atoms with Gasteiger partial charge in [-0.15, -0.1) is 0 Å². The summed E-state index contributed by atoms with van der Waals surface area (Å²) in [7, 11) is 0. The van der Waals surface area contributed by atoms with Crippen LogP contribution in [0.3, 0.4) is 0 Å². The van der Waals surface area contributed by atoms with Crippen molar-refractivity contribution in [3.8, 4) is 50.9 Å². The minimum atomic E-state index is -0.0143. The predicted octanol–water partition coefficient (Wildman–Crippen LogP) is 13.5. The second kappa shape index (κ2) is 15.0. The molecule has 4 aromatic heterocycles. The Kier molecular flexibility index (Phi) is 8.87. The molecule has 0 aliphatic carbocycles. The third-order valence-corrected chi connectivity index (χ3v) is 13.0. The van der Waals surface area contributed by atoms with E-state index in [2.05, 4.69) is 209 Å². The number of hydrogen-bond acceptors (Lipinski definition) is 3. The van der Waals surface area contributed by atoms with Crippen molar-refractivity contribution in [3.63, 3.8) is 0 Å². The number of imidazole rings is 2. The van der Waals surface area contributed by atoms with Gasteiger partial charge < -0.3 is 9.30 Å². The van der Waals surface area contributed by atoms with Crippen LogP contribution in [0.5, 0.6) is 11.5 Å². The van der Waals surface area contributed by atoms with Crippen LogP contribution in [0.2, 0.25) is 0 Å². The van der Waals surface area contributed by atoms with Crippen LogP contribution in [-0.4, -0.2) is 23.7 Å². The molecule has 0 amide bonds. The number of aromatic nitrogens is 6. The topological polar surface area (TPSA) is 53.7 Å². The molecule has 64 heavy (non-hydrogen) atoms. The van der Waals surface area contributed by atoms with E-state index in [4.69, 9.17) is 14.7 Å². The standard InChI is InChI=1S/C57H47N6O/c1-57(2,3)40-29-30-58-55(32-40)63-49-25-11-10-22-46(49)47-28-27-43(34-50(47)63)64-42-21-14-20-41(33-42)61-37-62(53-36-51-48(35-52(53)61)59-54-26-12-13-31-60(51)54)56-44(38-16-6-4-7-17-38)23-15-24-45(56)39-18-8-5-9-19-39/h4-11,14-25,27-30,32-37H,12-13,26,31H2,1-3H3/q+1. The lowest BCUT2D eigenvalue weighted by molar-refractivity contribution is -0.566. The molecule has 7 aromatic carbocycles. The van der Waals surface area contributed by atoms with E-state index < -0.39 is 0 Å². The summed E-state index contributed by atoms with van der Waals surface area (Å²) < 4.78 is 16.2. The van der Waals surface area contributed by atoms with Gasteiger partial charge in [0.1, 0.15) is 34.5 Å². The van der Waals surface area contributed by atoms with Crippen LogP contribution in [0.15, 0.2) is 182 Å². The average Bonchev–Trinajstić information content (AvgIpc) is 4.00. The molecule has 0 N–H and O–H groups in total. The fourth-order valence-electron chi connectivity index (χ4n) is 9.81. The number of hydrogen-bond donors (Lipinski definition) is 0. The molecule has 7 nitrogen and oxygen atoms in total. The molecule has 0 unspecified atom stereocenters. The maximum atomic E-state index is 6.83. The molecule has 11 aromatic rings. The lowest BCUT2D eigenvalue weighted by Crippen LogP contribution is -2.31. The zero-order chi connectivity index (χ0) is 42.9. The summed E-state index contributed by atoms with van der Waals surface area (Å²) in [4.78, 5) is 10.1. The van der Waals surface area contributed by atoms with E-state index in [1.807, 2.05) is 12.3 Å². The second-order valence-corrected chi connectivity index (χ2v) is 18.0. The Hall–Kier alpha value is -7.77. The first-order valence-electron chi connectivity index (χ1n) is 22.3. The zero-order valence-corrected chi connectivity index (χ0v) is 36.2. The first-order valence-corrected chi connectivity index (χ1v) is 22.3. The molecule has 0 spiro atoms. The monoisotopic (exact) mass is 831 g/mol. The maximum Gasteiger partial charge on any atom is 0.255 e. The quantitative estimate of drug-likeness (QED) is 0.150. The van der Waals surface area contributed by atoms with E-state index in [0.717, 1.165) is 103 Å². The Balaban J connectivity index is 1.03. The number of para-hydroxylation sites is 2. The van der Waals surface area contributed by atoms with Crippen molar-refractivity contribution >= 4 is 43.9 Å². The Bertz CT molecular complexity index is 3510. The molecule has 0 saturated carbocycles. The minimum Gasteiger partial charge on any atom is -0.457 e. The molecule has 0 atom stereocenters. The van der Waals surface area contributed by atoms with Crippen LogP contribution >= 0.6 is 0 Å². The van der Waals surface area contributed by atoms with Crippen LogP contribution < -0.4 is 9.30 Å². The summed E-state index contributed by atoms with van der Waals surface area (Å²) in [6, 6.07) is 60.5. The van der Waals surface area contributed by atoms with E-state index in [1.165, 1.54) is 28.7 Å². The van der Waals surface area contributed by atoms with E-state index in [9.17, 15) is 0 Å². The van der Waals surface area contributed by atoms with Gasteiger partial charge in [-0.25, -0.2) is 9.97 Å². The second-order valence-electron chi connectivity index (χ2n) is 18.0. The normalized spacial score (nSPS) is 13.0. The number of nitrogens with zero attached hydrogens (tertiary/aromatic N) is 6. The first kappa shape index (κ1) is 37.9. The Morgan fingerprint density at radius 2 is 1.31 bits per heavy atom. The molecule has 310 valence electrons.